The number of allylic oxidation sites excluding steroid dienone is 1. The highest BCUT2D eigenvalue weighted by Gasteiger charge is 2.62. The third-order valence-corrected chi connectivity index (χ3v) is 7.17. The van der Waals surface area contributed by atoms with Crippen molar-refractivity contribution < 1.29 is 9.47 Å². The quantitative estimate of drug-likeness (QED) is 0.589. The average Bonchev–Trinajstić information content (AvgIpc) is 3.23. The van der Waals surface area contributed by atoms with Crippen molar-refractivity contribution in [2.24, 2.45) is 17.3 Å². The second-order valence-corrected chi connectivity index (χ2v) is 8.22. The van der Waals surface area contributed by atoms with Crippen molar-refractivity contribution in [1.82, 2.24) is 0 Å². The van der Waals surface area contributed by atoms with Gasteiger partial charge in [0.15, 0.2) is 5.79 Å². The van der Waals surface area contributed by atoms with Gasteiger partial charge in [-0.2, -0.15) is 0 Å². The first kappa shape index (κ1) is 17.3. The second-order valence-electron chi connectivity index (χ2n) is 8.22. The van der Waals surface area contributed by atoms with Crippen LogP contribution in [0.5, 0.6) is 0 Å². The molecule has 2 nitrogen and oxygen atoms in total. The molecule has 2 heteroatoms. The molecule has 5 rings (SSSR count). The minimum Gasteiger partial charge on any atom is -0.343 e. The predicted molar refractivity (Wildman–Crippen MR) is 102 cm³/mol. The zero-order valence-corrected chi connectivity index (χ0v) is 16.2. The van der Waals surface area contributed by atoms with Gasteiger partial charge in [-0.3, -0.25) is 0 Å². The monoisotopic (exact) mass is 340 g/mol. The molecule has 0 bridgehead atoms. The third-order valence-electron chi connectivity index (χ3n) is 7.17. The van der Waals surface area contributed by atoms with Crippen LogP contribution in [-0.4, -0.2) is 19.0 Å². The van der Waals surface area contributed by atoms with Crippen LogP contribution >= 0.6 is 0 Å². The molecule has 0 amide bonds. The Morgan fingerprint density at radius 1 is 1.08 bits per heavy atom. The topological polar surface area (TPSA) is 18.5 Å². The largest absolute Gasteiger partial charge is 0.343 e. The minimum absolute atomic E-state index is 0.118. The Morgan fingerprint density at radius 2 is 1.84 bits per heavy atom. The second kappa shape index (κ2) is 6.25. The van der Waals surface area contributed by atoms with Crippen molar-refractivity contribution in [3.8, 4) is 0 Å². The molecule has 1 aromatic rings. The number of hydrogen-bond donors (Lipinski definition) is 0. The highest BCUT2D eigenvalue weighted by atomic mass is 16.7. The van der Waals surface area contributed by atoms with Crippen LogP contribution in [0.1, 0.15) is 62.6 Å². The van der Waals surface area contributed by atoms with Crippen LogP contribution < -0.4 is 0 Å². The Balaban J connectivity index is 0.000000758. The Labute approximate surface area is 152 Å². The smallest absolute Gasteiger partial charge is 0.193 e. The lowest BCUT2D eigenvalue weighted by Crippen LogP contribution is -2.52. The van der Waals surface area contributed by atoms with Crippen molar-refractivity contribution in [3.05, 3.63) is 47.0 Å². The summed E-state index contributed by atoms with van der Waals surface area (Å²) in [5.74, 6) is 1.62. The lowest BCUT2D eigenvalue weighted by atomic mass is 9.54. The lowest BCUT2D eigenvalue weighted by Gasteiger charge is -2.52. The first-order chi connectivity index (χ1) is 12.1. The Morgan fingerprint density at radius 3 is 2.60 bits per heavy atom. The minimum atomic E-state index is -0.434. The van der Waals surface area contributed by atoms with E-state index in [1.165, 1.54) is 31.2 Å². The van der Waals surface area contributed by atoms with Crippen LogP contribution in [-0.2, 0) is 15.9 Å². The van der Waals surface area contributed by atoms with Gasteiger partial charge in [-0.25, -0.2) is 0 Å². The molecule has 0 aromatic heterocycles. The van der Waals surface area contributed by atoms with E-state index in [1.807, 2.05) is 13.8 Å². The molecule has 4 unspecified atom stereocenters. The zero-order valence-electron chi connectivity index (χ0n) is 16.2. The van der Waals surface area contributed by atoms with E-state index >= 15 is 0 Å². The fraction of sp³-hybridized carbons (Fsp3) is 0.652. The van der Waals surface area contributed by atoms with E-state index in [1.54, 1.807) is 11.1 Å². The van der Waals surface area contributed by atoms with Crippen LogP contribution in [0.4, 0.5) is 0 Å². The highest BCUT2D eigenvalue weighted by molar-refractivity contribution is 5.39. The molecular formula is C23H32O2. The Kier molecular flexibility index (Phi) is 4.32. The summed E-state index contributed by atoms with van der Waals surface area (Å²) in [5, 5.41) is 0. The number of aryl methyl sites for hydroxylation is 2. The van der Waals surface area contributed by atoms with Crippen LogP contribution in [0, 0.1) is 24.2 Å². The van der Waals surface area contributed by atoms with Crippen LogP contribution in [0.15, 0.2) is 30.4 Å². The van der Waals surface area contributed by atoms with Gasteiger partial charge in [0.25, 0.3) is 0 Å². The number of rotatable bonds is 0. The molecule has 1 aromatic carbocycles. The molecule has 1 heterocycles. The van der Waals surface area contributed by atoms with Crippen molar-refractivity contribution >= 4 is 0 Å². The van der Waals surface area contributed by atoms with Gasteiger partial charge in [-0.05, 0) is 67.6 Å². The fourth-order valence-electron chi connectivity index (χ4n) is 6.00. The van der Waals surface area contributed by atoms with Gasteiger partial charge in [0.1, 0.15) is 0 Å². The van der Waals surface area contributed by atoms with Gasteiger partial charge in [0.05, 0.1) is 13.2 Å². The molecule has 4 atom stereocenters. The van der Waals surface area contributed by atoms with Gasteiger partial charge in [0, 0.05) is 5.41 Å². The van der Waals surface area contributed by atoms with Gasteiger partial charge >= 0.3 is 0 Å². The molecule has 1 saturated heterocycles. The van der Waals surface area contributed by atoms with Gasteiger partial charge < -0.3 is 9.47 Å². The molecule has 2 fully saturated rings. The zero-order chi connectivity index (χ0) is 17.7. The van der Waals surface area contributed by atoms with E-state index in [2.05, 4.69) is 44.2 Å². The SMILES string of the molecule is CC.Cc1ccc2c(c1)CCC1C2CCC2(C)C1C=CC21OCCO1. The van der Waals surface area contributed by atoms with Crippen molar-refractivity contribution in [3.63, 3.8) is 0 Å². The van der Waals surface area contributed by atoms with E-state index in [9.17, 15) is 0 Å². The summed E-state index contributed by atoms with van der Waals surface area (Å²) in [7, 11) is 0. The molecule has 1 spiro atoms. The molecule has 25 heavy (non-hydrogen) atoms. The molecule has 0 radical (unpaired) electrons. The summed E-state index contributed by atoms with van der Waals surface area (Å²) in [6.45, 7) is 10.1. The Hall–Kier alpha value is -1.12. The standard InChI is InChI=1S/C21H26O2.C2H6/c1-14-3-5-16-15(13-14)4-6-18-17(16)7-9-20(2)19(18)8-10-21(20)22-11-12-23-21;1-2/h3,5,8,10,13,17-19H,4,6-7,9,11-12H2,1-2H3;1-2H3. The average molecular weight is 341 g/mol. The molecule has 3 aliphatic carbocycles. The van der Waals surface area contributed by atoms with Crippen LogP contribution in [0.25, 0.3) is 0 Å². The van der Waals surface area contributed by atoms with E-state index < -0.39 is 5.79 Å². The van der Waals surface area contributed by atoms with Crippen LogP contribution in [0.3, 0.4) is 0 Å². The molecule has 1 aliphatic heterocycles. The highest BCUT2D eigenvalue weighted by Crippen LogP contribution is 2.63. The van der Waals surface area contributed by atoms with E-state index in [0.717, 1.165) is 25.0 Å². The van der Waals surface area contributed by atoms with E-state index in [4.69, 9.17) is 9.47 Å². The molecule has 0 N–H and O–H groups in total. The maximum Gasteiger partial charge on any atom is 0.193 e. The number of hydrogen-bond acceptors (Lipinski definition) is 2. The van der Waals surface area contributed by atoms with Crippen molar-refractivity contribution in [2.45, 2.75) is 65.1 Å². The molecule has 136 valence electrons. The number of fused-ring (bicyclic) bond motifs is 6. The molecule has 1 saturated carbocycles. The summed E-state index contributed by atoms with van der Waals surface area (Å²) in [4.78, 5) is 0. The number of benzene rings is 1. The maximum atomic E-state index is 6.13. The van der Waals surface area contributed by atoms with Crippen LogP contribution in [0.2, 0.25) is 0 Å². The first-order valence-electron chi connectivity index (χ1n) is 10.2. The Bertz CT molecular complexity index is 671. The van der Waals surface area contributed by atoms with Gasteiger partial charge in [-0.15, -0.1) is 0 Å². The lowest BCUT2D eigenvalue weighted by molar-refractivity contribution is -0.215. The number of ether oxygens (including phenoxy) is 2. The maximum absolute atomic E-state index is 6.13. The van der Waals surface area contributed by atoms with Gasteiger partial charge in [0.2, 0.25) is 0 Å². The van der Waals surface area contributed by atoms with Crippen molar-refractivity contribution in [1.29, 1.82) is 0 Å². The normalized spacial score (nSPS) is 37.0. The predicted octanol–water partition coefficient (Wildman–Crippen LogP) is 5.40. The third kappa shape index (κ3) is 2.37. The van der Waals surface area contributed by atoms with E-state index in [0.29, 0.717) is 5.92 Å². The fourth-order valence-corrected chi connectivity index (χ4v) is 6.00. The summed E-state index contributed by atoms with van der Waals surface area (Å²) >= 11 is 0. The summed E-state index contributed by atoms with van der Waals surface area (Å²) in [5.41, 5.74) is 4.74. The summed E-state index contributed by atoms with van der Waals surface area (Å²) in [6, 6.07) is 7.11. The van der Waals surface area contributed by atoms with E-state index in [-0.39, 0.29) is 5.41 Å². The summed E-state index contributed by atoms with van der Waals surface area (Å²) < 4.78 is 12.3. The van der Waals surface area contributed by atoms with Crippen molar-refractivity contribution in [2.75, 3.05) is 13.2 Å². The molecular weight excluding hydrogens is 308 g/mol. The summed E-state index contributed by atoms with van der Waals surface area (Å²) in [6.07, 6.45) is 9.68. The first-order valence-corrected chi connectivity index (χ1v) is 10.2. The molecule has 4 aliphatic rings. The van der Waals surface area contributed by atoms with Gasteiger partial charge in [-0.1, -0.05) is 50.6 Å².